The van der Waals surface area contributed by atoms with Crippen LogP contribution in [0.2, 0.25) is 0 Å². The lowest BCUT2D eigenvalue weighted by Crippen LogP contribution is -2.32. The lowest BCUT2D eigenvalue weighted by Gasteiger charge is -2.22. The van der Waals surface area contributed by atoms with Crippen LogP contribution in [0.25, 0.3) is 0 Å². The van der Waals surface area contributed by atoms with E-state index in [1.165, 1.54) is 24.3 Å². The molecule has 10 heteroatoms. The third kappa shape index (κ3) is 4.42. The molecular weight excluding hydrogens is 398 g/mol. The van der Waals surface area contributed by atoms with Gasteiger partial charge in [-0.2, -0.15) is 0 Å². The van der Waals surface area contributed by atoms with Gasteiger partial charge in [0.2, 0.25) is 11.8 Å². The van der Waals surface area contributed by atoms with Crippen molar-refractivity contribution in [2.75, 3.05) is 10.0 Å². The van der Waals surface area contributed by atoms with E-state index in [9.17, 15) is 23.1 Å². The third-order valence-corrected chi connectivity index (χ3v) is 6.69. The minimum absolute atomic E-state index is 0.0123. The van der Waals surface area contributed by atoms with Crippen molar-refractivity contribution in [1.29, 1.82) is 0 Å². The summed E-state index contributed by atoms with van der Waals surface area (Å²) in [6, 6.07) is 5.60. The topological polar surface area (TPSA) is 139 Å². The number of anilines is 2. The monoisotopic (exact) mass is 421 g/mol. The highest BCUT2D eigenvalue weighted by molar-refractivity contribution is 7.92. The predicted molar refractivity (Wildman–Crippen MR) is 105 cm³/mol. The molecule has 1 aromatic carbocycles. The molecule has 0 unspecified atom stereocenters. The first kappa shape index (κ1) is 20.8. The average Bonchev–Trinajstić information content (AvgIpc) is 3.25. The van der Waals surface area contributed by atoms with Gasteiger partial charge >= 0.3 is 5.97 Å². The molecule has 3 rings (SSSR count). The molecule has 3 N–H and O–H groups in total. The predicted octanol–water partition coefficient (Wildman–Crippen LogP) is 3.07. The van der Waals surface area contributed by atoms with Gasteiger partial charge < -0.3 is 14.9 Å². The number of nitrogens with zero attached hydrogens (tertiary/aromatic N) is 1. The Labute approximate surface area is 168 Å². The molecule has 29 heavy (non-hydrogen) atoms. The van der Waals surface area contributed by atoms with Gasteiger partial charge in [0, 0.05) is 17.7 Å². The van der Waals surface area contributed by atoms with E-state index < -0.39 is 27.3 Å². The fourth-order valence-corrected chi connectivity index (χ4v) is 4.49. The molecule has 2 aromatic rings. The van der Waals surface area contributed by atoms with Gasteiger partial charge in [-0.15, -0.1) is 0 Å². The van der Waals surface area contributed by atoms with Gasteiger partial charge in [0.1, 0.15) is 0 Å². The van der Waals surface area contributed by atoms with Crippen molar-refractivity contribution in [1.82, 2.24) is 5.16 Å². The second-order valence-corrected chi connectivity index (χ2v) is 9.05. The van der Waals surface area contributed by atoms with E-state index in [2.05, 4.69) is 15.2 Å². The zero-order valence-corrected chi connectivity index (χ0v) is 17.0. The first-order chi connectivity index (χ1) is 13.6. The summed E-state index contributed by atoms with van der Waals surface area (Å²) >= 11 is 0. The number of hydrogen-bond donors (Lipinski definition) is 3. The average molecular weight is 421 g/mol. The Bertz CT molecular complexity index is 1020. The molecule has 156 valence electrons. The van der Waals surface area contributed by atoms with E-state index in [1.807, 2.05) is 0 Å². The summed E-state index contributed by atoms with van der Waals surface area (Å²) in [7, 11) is -3.88. The molecule has 1 fully saturated rings. The van der Waals surface area contributed by atoms with E-state index in [-0.39, 0.29) is 17.2 Å². The molecule has 1 aliphatic carbocycles. The molecule has 0 atom stereocenters. The van der Waals surface area contributed by atoms with Gasteiger partial charge in [0.05, 0.1) is 16.0 Å². The fraction of sp³-hybridized carbons (Fsp3) is 0.421. The number of hydrogen-bond acceptors (Lipinski definition) is 6. The number of benzene rings is 1. The number of aryl methyl sites for hydroxylation is 1. The second kappa shape index (κ2) is 7.86. The lowest BCUT2D eigenvalue weighted by molar-refractivity contribution is -0.150. The Morgan fingerprint density at radius 2 is 1.79 bits per heavy atom. The molecular formula is C19H23N3O6S. The summed E-state index contributed by atoms with van der Waals surface area (Å²) in [5.41, 5.74) is 0.558. The summed E-state index contributed by atoms with van der Waals surface area (Å²) < 4.78 is 32.3. The number of sulfonamides is 1. The van der Waals surface area contributed by atoms with E-state index in [4.69, 9.17) is 4.52 Å². The van der Waals surface area contributed by atoms with Crippen LogP contribution in [0, 0.1) is 19.3 Å². The van der Waals surface area contributed by atoms with Crippen LogP contribution in [0.3, 0.4) is 0 Å². The maximum absolute atomic E-state index is 12.5. The number of carbonyl (C=O) groups excluding carboxylic acids is 1. The van der Waals surface area contributed by atoms with E-state index in [0.29, 0.717) is 29.8 Å². The Morgan fingerprint density at radius 3 is 2.31 bits per heavy atom. The molecule has 0 spiro atoms. The third-order valence-electron chi connectivity index (χ3n) is 5.35. The Kier molecular flexibility index (Phi) is 5.65. The van der Waals surface area contributed by atoms with Crippen molar-refractivity contribution < 1.29 is 27.6 Å². The van der Waals surface area contributed by atoms with E-state index >= 15 is 0 Å². The lowest BCUT2D eigenvalue weighted by atomic mass is 9.82. The van der Waals surface area contributed by atoms with Gasteiger partial charge in [-0.1, -0.05) is 18.0 Å². The van der Waals surface area contributed by atoms with Gasteiger partial charge in [-0.05, 0) is 51.0 Å². The molecule has 1 amide bonds. The van der Waals surface area contributed by atoms with Gasteiger partial charge in [0.25, 0.3) is 10.0 Å². The number of aromatic nitrogens is 1. The maximum Gasteiger partial charge on any atom is 0.310 e. The molecule has 0 radical (unpaired) electrons. The normalized spacial score (nSPS) is 15.8. The smallest absolute Gasteiger partial charge is 0.310 e. The highest BCUT2D eigenvalue weighted by atomic mass is 32.2. The number of nitrogens with one attached hydrogen (secondary N) is 2. The van der Waals surface area contributed by atoms with Crippen LogP contribution in [0.1, 0.15) is 43.4 Å². The molecule has 1 heterocycles. The summed E-state index contributed by atoms with van der Waals surface area (Å²) in [5, 5.41) is 15.8. The summed E-state index contributed by atoms with van der Waals surface area (Å²) in [6.45, 7) is 3.39. The molecule has 0 aliphatic heterocycles. The maximum atomic E-state index is 12.5. The molecule has 1 aliphatic rings. The molecule has 0 bridgehead atoms. The Balaban J connectivity index is 1.67. The van der Waals surface area contributed by atoms with E-state index in [0.717, 1.165) is 12.8 Å². The minimum Gasteiger partial charge on any atom is -0.481 e. The number of carboxylic acids is 1. The zero-order chi connectivity index (χ0) is 21.2. The molecule has 1 saturated carbocycles. The second-order valence-electron chi connectivity index (χ2n) is 7.37. The van der Waals surface area contributed by atoms with E-state index in [1.54, 1.807) is 13.8 Å². The molecule has 1 aromatic heterocycles. The van der Waals surface area contributed by atoms with Crippen molar-refractivity contribution in [3.05, 3.63) is 35.5 Å². The van der Waals surface area contributed by atoms with Gasteiger partial charge in [-0.25, -0.2) is 13.1 Å². The van der Waals surface area contributed by atoms with Gasteiger partial charge in [0.15, 0.2) is 0 Å². The summed E-state index contributed by atoms with van der Waals surface area (Å²) in [4.78, 5) is 23.9. The van der Waals surface area contributed by atoms with Crippen molar-refractivity contribution >= 4 is 33.5 Å². The van der Waals surface area contributed by atoms with Crippen molar-refractivity contribution in [3.63, 3.8) is 0 Å². The standard InChI is InChI=1S/C19H23N3O6S/c1-12-13(2)21-28-17(12)22-29(26,27)15-7-5-14(6-8-15)20-16(23)11-19(18(24)25)9-3-4-10-19/h5-8,22H,3-4,9-11H2,1-2H3,(H,20,23)(H,24,25). The van der Waals surface area contributed by atoms with Gasteiger partial charge in [-0.3, -0.25) is 9.59 Å². The van der Waals surface area contributed by atoms with Crippen LogP contribution in [0.15, 0.2) is 33.7 Å². The van der Waals surface area contributed by atoms with Crippen LogP contribution in [0.4, 0.5) is 11.6 Å². The Morgan fingerprint density at radius 1 is 1.17 bits per heavy atom. The number of carbonyl (C=O) groups is 2. The van der Waals surface area contributed by atoms with Crippen molar-refractivity contribution in [2.45, 2.75) is 50.8 Å². The number of carboxylic acid groups (broad SMARTS) is 1. The van der Waals surface area contributed by atoms with Crippen LogP contribution in [-0.4, -0.2) is 30.6 Å². The number of amides is 1. The SMILES string of the molecule is Cc1noc(NS(=O)(=O)c2ccc(NC(=O)CC3(C(=O)O)CCCC3)cc2)c1C. The van der Waals surface area contributed by atoms with Crippen molar-refractivity contribution in [3.8, 4) is 0 Å². The first-order valence-electron chi connectivity index (χ1n) is 9.22. The molecule has 9 nitrogen and oxygen atoms in total. The fourth-order valence-electron chi connectivity index (χ4n) is 3.44. The molecule has 0 saturated heterocycles. The highest BCUT2D eigenvalue weighted by Crippen LogP contribution is 2.41. The van der Waals surface area contributed by atoms with Crippen LogP contribution >= 0.6 is 0 Å². The number of rotatable bonds is 7. The zero-order valence-electron chi connectivity index (χ0n) is 16.2. The summed E-state index contributed by atoms with van der Waals surface area (Å²) in [6.07, 6.45) is 2.46. The van der Waals surface area contributed by atoms with Crippen LogP contribution in [-0.2, 0) is 19.6 Å². The highest BCUT2D eigenvalue weighted by Gasteiger charge is 2.42. The summed E-state index contributed by atoms with van der Waals surface area (Å²) in [5.74, 6) is -1.30. The minimum atomic E-state index is -3.88. The number of aliphatic carboxylic acids is 1. The largest absolute Gasteiger partial charge is 0.481 e. The quantitative estimate of drug-likeness (QED) is 0.624. The van der Waals surface area contributed by atoms with Crippen molar-refractivity contribution in [2.24, 2.45) is 5.41 Å². The Hall–Kier alpha value is -2.88. The first-order valence-corrected chi connectivity index (χ1v) is 10.7. The van der Waals surface area contributed by atoms with Crippen LogP contribution in [0.5, 0.6) is 0 Å². The van der Waals surface area contributed by atoms with Crippen LogP contribution < -0.4 is 10.0 Å².